The van der Waals surface area contributed by atoms with Crippen molar-refractivity contribution in [2.45, 2.75) is 31.7 Å². The third-order valence-corrected chi connectivity index (χ3v) is 4.25. The summed E-state index contributed by atoms with van der Waals surface area (Å²) in [6.07, 6.45) is 2.17. The van der Waals surface area contributed by atoms with E-state index in [0.717, 1.165) is 18.6 Å². The number of hydrazine groups is 1. The third kappa shape index (κ3) is 2.94. The van der Waals surface area contributed by atoms with E-state index >= 15 is 0 Å². The largest absolute Gasteiger partial charge is 0.494 e. The van der Waals surface area contributed by atoms with Crippen LogP contribution < -0.4 is 16.0 Å². The normalized spacial score (nSPS) is 17.7. The second-order valence-corrected chi connectivity index (χ2v) is 5.56. The van der Waals surface area contributed by atoms with E-state index in [2.05, 4.69) is 41.8 Å². The Bertz CT molecular complexity index is 612. The minimum atomic E-state index is 0.156. The summed E-state index contributed by atoms with van der Waals surface area (Å²) >= 11 is 0. The lowest BCUT2D eigenvalue weighted by Crippen LogP contribution is -2.31. The van der Waals surface area contributed by atoms with E-state index in [4.69, 9.17) is 10.6 Å². The second kappa shape index (κ2) is 6.29. The van der Waals surface area contributed by atoms with E-state index in [-0.39, 0.29) is 6.04 Å². The van der Waals surface area contributed by atoms with Crippen LogP contribution >= 0.6 is 0 Å². The van der Waals surface area contributed by atoms with Gasteiger partial charge in [0.1, 0.15) is 5.75 Å². The molecule has 1 aliphatic carbocycles. The van der Waals surface area contributed by atoms with Crippen LogP contribution in [0.5, 0.6) is 5.75 Å². The highest BCUT2D eigenvalue weighted by Gasteiger charge is 2.28. The minimum absolute atomic E-state index is 0.156. The fourth-order valence-electron chi connectivity index (χ4n) is 3.15. The quantitative estimate of drug-likeness (QED) is 0.631. The monoisotopic (exact) mass is 282 g/mol. The lowest BCUT2D eigenvalue weighted by molar-refractivity contribution is 0.338. The Labute approximate surface area is 126 Å². The number of benzene rings is 2. The molecule has 1 aliphatic rings. The van der Waals surface area contributed by atoms with E-state index < -0.39 is 0 Å². The first kappa shape index (κ1) is 14.1. The van der Waals surface area contributed by atoms with Crippen LogP contribution in [-0.4, -0.2) is 6.61 Å². The number of rotatable bonds is 6. The van der Waals surface area contributed by atoms with Crippen LogP contribution in [0.15, 0.2) is 48.5 Å². The van der Waals surface area contributed by atoms with Gasteiger partial charge in [-0.3, -0.25) is 11.3 Å². The van der Waals surface area contributed by atoms with Crippen molar-refractivity contribution in [2.24, 2.45) is 5.84 Å². The maximum atomic E-state index is 5.79. The molecular formula is C18H22N2O. The van der Waals surface area contributed by atoms with Crippen molar-refractivity contribution in [3.8, 4) is 5.75 Å². The highest BCUT2D eigenvalue weighted by molar-refractivity contribution is 5.40. The smallest absolute Gasteiger partial charge is 0.119 e. The molecule has 0 spiro atoms. The Hall–Kier alpha value is -1.84. The van der Waals surface area contributed by atoms with Gasteiger partial charge in [-0.05, 0) is 54.5 Å². The summed E-state index contributed by atoms with van der Waals surface area (Å²) in [5.41, 5.74) is 7.09. The molecular weight excluding hydrogens is 260 g/mol. The third-order valence-electron chi connectivity index (χ3n) is 4.25. The Morgan fingerprint density at radius 2 is 2.10 bits per heavy atom. The average molecular weight is 282 g/mol. The summed E-state index contributed by atoms with van der Waals surface area (Å²) in [7, 11) is 0. The second-order valence-electron chi connectivity index (χ2n) is 5.56. The molecule has 3 rings (SSSR count). The van der Waals surface area contributed by atoms with Crippen LogP contribution in [-0.2, 0) is 6.42 Å². The van der Waals surface area contributed by atoms with Crippen molar-refractivity contribution in [2.75, 3.05) is 6.61 Å². The fraction of sp³-hybridized carbons (Fsp3) is 0.333. The number of ether oxygens (including phenoxy) is 1. The van der Waals surface area contributed by atoms with Crippen LogP contribution in [0.1, 0.15) is 42.0 Å². The van der Waals surface area contributed by atoms with Crippen LogP contribution in [0.4, 0.5) is 0 Å². The number of hydrogen-bond acceptors (Lipinski definition) is 3. The van der Waals surface area contributed by atoms with Gasteiger partial charge in [-0.1, -0.05) is 36.4 Å². The Morgan fingerprint density at radius 1 is 1.24 bits per heavy atom. The van der Waals surface area contributed by atoms with Crippen molar-refractivity contribution in [1.29, 1.82) is 0 Å². The molecule has 0 heterocycles. The Balaban J connectivity index is 1.73. The standard InChI is InChI=1S/C18H22N2O/c1-2-21-16-8-5-7-14(11-16)18(20-19)12-15-10-13-6-3-4-9-17(13)15/h3-9,11,15,18,20H,2,10,12,19H2,1H3. The molecule has 3 nitrogen and oxygen atoms in total. The van der Waals surface area contributed by atoms with Gasteiger partial charge in [0, 0.05) is 6.04 Å². The zero-order chi connectivity index (χ0) is 14.7. The van der Waals surface area contributed by atoms with Gasteiger partial charge in [-0.15, -0.1) is 0 Å². The maximum absolute atomic E-state index is 5.79. The van der Waals surface area contributed by atoms with Crippen molar-refractivity contribution in [3.05, 3.63) is 65.2 Å². The van der Waals surface area contributed by atoms with Gasteiger partial charge in [0.15, 0.2) is 0 Å². The molecule has 0 aromatic heterocycles. The highest BCUT2D eigenvalue weighted by atomic mass is 16.5. The lowest BCUT2D eigenvalue weighted by Gasteiger charge is -2.33. The van der Waals surface area contributed by atoms with Crippen LogP contribution in [0.25, 0.3) is 0 Å². The first-order valence-corrected chi connectivity index (χ1v) is 7.58. The van der Waals surface area contributed by atoms with Crippen molar-refractivity contribution < 1.29 is 4.74 Å². The number of nitrogens with two attached hydrogens (primary N) is 1. The molecule has 21 heavy (non-hydrogen) atoms. The topological polar surface area (TPSA) is 47.3 Å². The predicted octanol–water partition coefficient (Wildman–Crippen LogP) is 3.32. The number of hydrogen-bond donors (Lipinski definition) is 2. The van der Waals surface area contributed by atoms with Crippen LogP contribution in [0.2, 0.25) is 0 Å². The SMILES string of the molecule is CCOc1cccc(C(CC2Cc3ccccc32)NN)c1. The molecule has 0 aliphatic heterocycles. The summed E-state index contributed by atoms with van der Waals surface area (Å²) in [5.74, 6) is 7.29. The molecule has 2 aromatic rings. The zero-order valence-corrected chi connectivity index (χ0v) is 12.4. The zero-order valence-electron chi connectivity index (χ0n) is 12.4. The van der Waals surface area contributed by atoms with Gasteiger partial charge in [-0.25, -0.2) is 0 Å². The van der Waals surface area contributed by atoms with Gasteiger partial charge < -0.3 is 4.74 Å². The Morgan fingerprint density at radius 3 is 2.86 bits per heavy atom. The van der Waals surface area contributed by atoms with Crippen molar-refractivity contribution in [3.63, 3.8) is 0 Å². The highest BCUT2D eigenvalue weighted by Crippen LogP contribution is 2.40. The van der Waals surface area contributed by atoms with E-state index in [0.29, 0.717) is 12.5 Å². The predicted molar refractivity (Wildman–Crippen MR) is 85.2 cm³/mol. The van der Waals surface area contributed by atoms with Gasteiger partial charge in [0.2, 0.25) is 0 Å². The molecule has 0 bridgehead atoms. The molecule has 0 radical (unpaired) electrons. The summed E-state index contributed by atoms with van der Waals surface area (Å²) in [4.78, 5) is 0. The molecule has 0 saturated heterocycles. The van der Waals surface area contributed by atoms with E-state index in [1.807, 2.05) is 19.1 Å². The fourth-order valence-corrected chi connectivity index (χ4v) is 3.15. The molecule has 0 amide bonds. The number of nitrogens with one attached hydrogen (secondary N) is 1. The molecule has 0 fully saturated rings. The minimum Gasteiger partial charge on any atom is -0.494 e. The number of fused-ring (bicyclic) bond motifs is 1. The van der Waals surface area contributed by atoms with Gasteiger partial charge >= 0.3 is 0 Å². The van der Waals surface area contributed by atoms with E-state index in [1.54, 1.807) is 0 Å². The first-order chi connectivity index (χ1) is 10.3. The van der Waals surface area contributed by atoms with Gasteiger partial charge in [-0.2, -0.15) is 0 Å². The van der Waals surface area contributed by atoms with Crippen LogP contribution in [0.3, 0.4) is 0 Å². The molecule has 2 unspecified atom stereocenters. The first-order valence-electron chi connectivity index (χ1n) is 7.58. The molecule has 110 valence electrons. The van der Waals surface area contributed by atoms with Crippen molar-refractivity contribution >= 4 is 0 Å². The summed E-state index contributed by atoms with van der Waals surface area (Å²) in [5, 5.41) is 0. The van der Waals surface area contributed by atoms with Gasteiger partial charge in [0.25, 0.3) is 0 Å². The van der Waals surface area contributed by atoms with Crippen molar-refractivity contribution in [1.82, 2.24) is 5.43 Å². The molecule has 2 atom stereocenters. The molecule has 0 saturated carbocycles. The average Bonchev–Trinajstić information content (AvgIpc) is 2.49. The molecule has 3 N–H and O–H groups in total. The molecule has 3 heteroatoms. The Kier molecular flexibility index (Phi) is 4.23. The van der Waals surface area contributed by atoms with Gasteiger partial charge in [0.05, 0.1) is 6.61 Å². The summed E-state index contributed by atoms with van der Waals surface area (Å²) in [6, 6.07) is 17.0. The van der Waals surface area contributed by atoms with Crippen LogP contribution in [0, 0.1) is 0 Å². The molecule has 2 aromatic carbocycles. The van der Waals surface area contributed by atoms with E-state index in [9.17, 15) is 0 Å². The maximum Gasteiger partial charge on any atom is 0.119 e. The summed E-state index contributed by atoms with van der Waals surface area (Å²) < 4.78 is 5.57. The van der Waals surface area contributed by atoms with E-state index in [1.165, 1.54) is 16.7 Å². The lowest BCUT2D eigenvalue weighted by atomic mass is 9.74. The summed E-state index contributed by atoms with van der Waals surface area (Å²) in [6.45, 7) is 2.68.